The normalized spacial score (nSPS) is 18.1. The maximum Gasteiger partial charge on any atom is 0.315 e. The van der Waals surface area contributed by atoms with Gasteiger partial charge in [-0.2, -0.15) is 0 Å². The molecule has 2 heterocycles. The fraction of sp³-hybridized carbons (Fsp3) is 0.500. The number of carboxylic acid groups (broad SMARTS) is 1. The minimum atomic E-state index is -1.05. The van der Waals surface area contributed by atoms with Gasteiger partial charge < -0.3 is 10.0 Å². The first kappa shape index (κ1) is 13.5. The molecule has 0 aliphatic carbocycles. The van der Waals surface area contributed by atoms with Crippen molar-refractivity contribution >= 4 is 11.9 Å². The number of hydrogen-bond donors (Lipinski definition) is 1. The lowest BCUT2D eigenvalue weighted by molar-refractivity contribution is -0.150. The largest absolute Gasteiger partial charge is 0.481 e. The van der Waals surface area contributed by atoms with E-state index in [1.165, 1.54) is 12.5 Å². The van der Waals surface area contributed by atoms with Crippen LogP contribution in [0.1, 0.15) is 31.2 Å². The quantitative estimate of drug-likeness (QED) is 0.838. The third-order valence-corrected chi connectivity index (χ3v) is 3.72. The number of aliphatic carboxylic acids is 1. The summed E-state index contributed by atoms with van der Waals surface area (Å²) >= 11 is 0. The molecule has 1 N–H and O–H groups in total. The minimum absolute atomic E-state index is 0.277. The van der Waals surface area contributed by atoms with Crippen molar-refractivity contribution in [3.63, 3.8) is 0 Å². The number of amides is 1. The molecule has 0 bridgehead atoms. The average molecular weight is 262 g/mol. The first-order valence-electron chi connectivity index (χ1n) is 6.51. The number of carboxylic acids is 1. The van der Waals surface area contributed by atoms with E-state index >= 15 is 0 Å². The van der Waals surface area contributed by atoms with Crippen molar-refractivity contribution in [2.75, 3.05) is 13.1 Å². The van der Waals surface area contributed by atoms with E-state index in [9.17, 15) is 9.59 Å². The van der Waals surface area contributed by atoms with Gasteiger partial charge in [0.05, 0.1) is 0 Å². The van der Waals surface area contributed by atoms with Gasteiger partial charge in [0.2, 0.25) is 5.91 Å². The molecule has 1 aliphatic rings. The zero-order chi connectivity index (χ0) is 13.8. The van der Waals surface area contributed by atoms with E-state index in [0.29, 0.717) is 19.0 Å². The van der Waals surface area contributed by atoms with Crippen molar-refractivity contribution in [2.45, 2.75) is 25.7 Å². The van der Waals surface area contributed by atoms with Gasteiger partial charge in [0.15, 0.2) is 0 Å². The molecule has 1 fully saturated rings. The molecule has 0 saturated carbocycles. The monoisotopic (exact) mass is 262 g/mol. The van der Waals surface area contributed by atoms with E-state index in [2.05, 4.69) is 4.98 Å². The van der Waals surface area contributed by atoms with Crippen LogP contribution < -0.4 is 0 Å². The van der Waals surface area contributed by atoms with Gasteiger partial charge >= 0.3 is 5.97 Å². The van der Waals surface area contributed by atoms with Crippen LogP contribution in [0.15, 0.2) is 24.5 Å². The summed E-state index contributed by atoms with van der Waals surface area (Å²) in [4.78, 5) is 28.4. The summed E-state index contributed by atoms with van der Waals surface area (Å²) in [6.07, 6.45) is 5.31. The third-order valence-electron chi connectivity index (χ3n) is 3.72. The lowest BCUT2D eigenvalue weighted by atomic mass is 9.89. The maximum atomic E-state index is 11.9. The standard InChI is InChI=1S/C14H18N2O3/c1-10(14(18)19)13(17)16-8-4-12(5-9-16)11-2-6-15-7-3-11/h2-3,6-7,10,12H,4-5,8-9H2,1H3,(H,18,19)/t10-/m1/s1. The van der Waals surface area contributed by atoms with Gasteiger partial charge in [-0.05, 0) is 43.4 Å². The molecular weight excluding hydrogens is 244 g/mol. The number of nitrogens with zero attached hydrogens (tertiary/aromatic N) is 2. The van der Waals surface area contributed by atoms with Crippen LogP contribution in [0.4, 0.5) is 0 Å². The van der Waals surface area contributed by atoms with Gasteiger partial charge in [-0.25, -0.2) is 0 Å². The molecule has 1 aliphatic heterocycles. The van der Waals surface area contributed by atoms with Crippen molar-refractivity contribution in [1.82, 2.24) is 9.88 Å². The van der Waals surface area contributed by atoms with Crippen LogP contribution in [0.5, 0.6) is 0 Å². The van der Waals surface area contributed by atoms with Crippen molar-refractivity contribution in [3.8, 4) is 0 Å². The maximum absolute atomic E-state index is 11.9. The molecule has 5 heteroatoms. The fourth-order valence-corrected chi connectivity index (χ4v) is 2.45. The first-order chi connectivity index (χ1) is 9.09. The molecule has 19 heavy (non-hydrogen) atoms. The second-order valence-electron chi connectivity index (χ2n) is 4.94. The van der Waals surface area contributed by atoms with Gasteiger partial charge in [-0.1, -0.05) is 0 Å². The molecular formula is C14H18N2O3. The number of hydrogen-bond acceptors (Lipinski definition) is 3. The molecule has 102 valence electrons. The van der Waals surface area contributed by atoms with Gasteiger partial charge in [0.25, 0.3) is 0 Å². The Morgan fingerprint density at radius 3 is 2.42 bits per heavy atom. The zero-order valence-corrected chi connectivity index (χ0v) is 11.0. The number of pyridine rings is 1. The van der Waals surface area contributed by atoms with Crippen LogP contribution in [0.2, 0.25) is 0 Å². The van der Waals surface area contributed by atoms with Crippen LogP contribution in [0.3, 0.4) is 0 Å². The summed E-state index contributed by atoms with van der Waals surface area (Å²) in [6, 6.07) is 4.00. The van der Waals surface area contributed by atoms with E-state index in [4.69, 9.17) is 5.11 Å². The lowest BCUT2D eigenvalue weighted by Gasteiger charge is -2.33. The van der Waals surface area contributed by atoms with Crippen LogP contribution in [0, 0.1) is 5.92 Å². The Bertz CT molecular complexity index is 453. The lowest BCUT2D eigenvalue weighted by Crippen LogP contribution is -2.42. The highest BCUT2D eigenvalue weighted by molar-refractivity contribution is 5.96. The van der Waals surface area contributed by atoms with Crippen LogP contribution in [-0.2, 0) is 9.59 Å². The summed E-state index contributed by atoms with van der Waals surface area (Å²) in [5, 5.41) is 8.86. The Labute approximate surface area is 112 Å². The second kappa shape index (κ2) is 5.82. The van der Waals surface area contributed by atoms with Crippen molar-refractivity contribution in [1.29, 1.82) is 0 Å². The predicted octanol–water partition coefficient (Wildman–Crippen LogP) is 1.51. The SMILES string of the molecule is C[C@@H](C(=O)O)C(=O)N1CCC(c2ccncc2)CC1. The third kappa shape index (κ3) is 3.10. The van der Waals surface area contributed by atoms with E-state index in [-0.39, 0.29) is 5.91 Å². The number of carbonyl (C=O) groups is 2. The van der Waals surface area contributed by atoms with Gasteiger partial charge in [0.1, 0.15) is 5.92 Å². The van der Waals surface area contributed by atoms with E-state index < -0.39 is 11.9 Å². The number of piperidine rings is 1. The molecule has 1 saturated heterocycles. The van der Waals surface area contributed by atoms with Crippen molar-refractivity contribution in [2.24, 2.45) is 5.92 Å². The molecule has 0 spiro atoms. The van der Waals surface area contributed by atoms with E-state index in [1.54, 1.807) is 17.3 Å². The number of rotatable bonds is 3. The minimum Gasteiger partial charge on any atom is -0.481 e. The Balaban J connectivity index is 1.93. The smallest absolute Gasteiger partial charge is 0.315 e. The topological polar surface area (TPSA) is 70.5 Å². The summed E-state index contributed by atoms with van der Waals surface area (Å²) in [5.41, 5.74) is 1.24. The van der Waals surface area contributed by atoms with Crippen molar-refractivity contribution < 1.29 is 14.7 Å². The van der Waals surface area contributed by atoms with Crippen LogP contribution in [0.25, 0.3) is 0 Å². The molecule has 5 nitrogen and oxygen atoms in total. The predicted molar refractivity (Wildman–Crippen MR) is 69.6 cm³/mol. The van der Waals surface area contributed by atoms with Gasteiger partial charge in [0, 0.05) is 25.5 Å². The van der Waals surface area contributed by atoms with Crippen LogP contribution in [-0.4, -0.2) is 40.0 Å². The number of likely N-dealkylation sites (tertiary alicyclic amines) is 1. The molecule has 0 unspecified atom stereocenters. The average Bonchev–Trinajstić information content (AvgIpc) is 2.46. The fourth-order valence-electron chi connectivity index (χ4n) is 2.45. The molecule has 1 atom stereocenters. The Morgan fingerprint density at radius 1 is 1.32 bits per heavy atom. The molecule has 1 amide bonds. The molecule has 1 aromatic rings. The Hall–Kier alpha value is -1.91. The summed E-state index contributed by atoms with van der Waals surface area (Å²) < 4.78 is 0. The Morgan fingerprint density at radius 2 is 1.89 bits per heavy atom. The van der Waals surface area contributed by atoms with Gasteiger partial charge in [-0.15, -0.1) is 0 Å². The van der Waals surface area contributed by atoms with E-state index in [0.717, 1.165) is 12.8 Å². The highest BCUT2D eigenvalue weighted by Crippen LogP contribution is 2.28. The molecule has 0 aromatic carbocycles. The summed E-state index contributed by atoms with van der Waals surface area (Å²) in [5.74, 6) is -1.84. The molecule has 2 rings (SSSR count). The van der Waals surface area contributed by atoms with Crippen LogP contribution >= 0.6 is 0 Å². The highest BCUT2D eigenvalue weighted by Gasteiger charge is 2.29. The van der Waals surface area contributed by atoms with Gasteiger partial charge in [-0.3, -0.25) is 14.6 Å². The summed E-state index contributed by atoms with van der Waals surface area (Å²) in [7, 11) is 0. The number of aromatic nitrogens is 1. The molecule has 0 radical (unpaired) electrons. The van der Waals surface area contributed by atoms with E-state index in [1.807, 2.05) is 12.1 Å². The zero-order valence-electron chi connectivity index (χ0n) is 11.0. The Kier molecular flexibility index (Phi) is 4.14. The first-order valence-corrected chi connectivity index (χ1v) is 6.51. The second-order valence-corrected chi connectivity index (χ2v) is 4.94. The summed E-state index contributed by atoms with van der Waals surface area (Å²) in [6.45, 7) is 2.70. The highest BCUT2D eigenvalue weighted by atomic mass is 16.4. The number of carbonyl (C=O) groups excluding carboxylic acids is 1. The van der Waals surface area contributed by atoms with Crippen molar-refractivity contribution in [3.05, 3.63) is 30.1 Å². The molecule has 1 aromatic heterocycles.